The lowest BCUT2D eigenvalue weighted by Crippen LogP contribution is -2.72. The van der Waals surface area contributed by atoms with E-state index in [0.717, 1.165) is 24.9 Å². The van der Waals surface area contributed by atoms with E-state index in [1.54, 1.807) is 0 Å². The standard InChI is InChI=1S/C19H27N3OS/c1-20-18(21-11-13-24-14-6-3-2-4-7-14)22-16-15-8-12-23-17(15)19(16)9-5-10-19/h2-4,6-7,15-17H,5,8-13H2,1H3,(H2,20,21,22). The molecule has 1 aromatic rings. The van der Waals surface area contributed by atoms with Gasteiger partial charge in [-0.2, -0.15) is 0 Å². The van der Waals surface area contributed by atoms with Gasteiger partial charge in [0, 0.05) is 48.2 Å². The van der Waals surface area contributed by atoms with Gasteiger partial charge in [-0.05, 0) is 31.4 Å². The molecule has 4 nitrogen and oxygen atoms in total. The molecule has 5 heteroatoms. The zero-order valence-corrected chi connectivity index (χ0v) is 15.1. The van der Waals surface area contributed by atoms with E-state index in [1.165, 1.54) is 30.6 Å². The Balaban J connectivity index is 1.26. The van der Waals surface area contributed by atoms with Crippen LogP contribution in [0.5, 0.6) is 0 Å². The molecule has 0 aromatic heterocycles. The number of thioether (sulfide) groups is 1. The first-order valence-corrected chi connectivity index (χ1v) is 10.1. The third-order valence-corrected chi connectivity index (χ3v) is 6.97. The number of benzene rings is 1. The van der Waals surface area contributed by atoms with Crippen molar-refractivity contribution in [2.75, 3.05) is 26.0 Å². The average molecular weight is 346 g/mol. The quantitative estimate of drug-likeness (QED) is 0.373. The Morgan fingerprint density at radius 1 is 1.33 bits per heavy atom. The van der Waals surface area contributed by atoms with Crippen LogP contribution in [0.15, 0.2) is 40.2 Å². The fraction of sp³-hybridized carbons (Fsp3) is 0.632. The van der Waals surface area contributed by atoms with Crippen molar-refractivity contribution in [3.05, 3.63) is 30.3 Å². The van der Waals surface area contributed by atoms with E-state index in [2.05, 4.69) is 46.0 Å². The molecule has 1 aromatic carbocycles. The summed E-state index contributed by atoms with van der Waals surface area (Å²) >= 11 is 1.88. The molecule has 3 atom stereocenters. The molecule has 3 fully saturated rings. The van der Waals surface area contributed by atoms with Crippen LogP contribution in [-0.2, 0) is 4.74 Å². The van der Waals surface area contributed by atoms with Gasteiger partial charge in [-0.25, -0.2) is 0 Å². The molecule has 0 bridgehead atoms. The number of hydrogen-bond acceptors (Lipinski definition) is 3. The molecule has 2 N–H and O–H groups in total. The summed E-state index contributed by atoms with van der Waals surface area (Å²) in [5.41, 5.74) is 0.400. The van der Waals surface area contributed by atoms with Crippen molar-refractivity contribution in [3.63, 3.8) is 0 Å². The maximum absolute atomic E-state index is 6.00. The van der Waals surface area contributed by atoms with Crippen LogP contribution in [0.25, 0.3) is 0 Å². The van der Waals surface area contributed by atoms with E-state index in [1.807, 2.05) is 18.8 Å². The van der Waals surface area contributed by atoms with Crippen molar-refractivity contribution in [1.82, 2.24) is 10.6 Å². The summed E-state index contributed by atoms with van der Waals surface area (Å²) in [6, 6.07) is 11.1. The van der Waals surface area contributed by atoms with Crippen molar-refractivity contribution >= 4 is 17.7 Å². The molecule has 4 rings (SSSR count). The Bertz CT molecular complexity index is 588. The first kappa shape index (κ1) is 16.3. The number of fused-ring (bicyclic) bond motifs is 2. The Hall–Kier alpha value is -1.20. The van der Waals surface area contributed by atoms with Gasteiger partial charge in [0.25, 0.3) is 0 Å². The second kappa shape index (κ2) is 6.96. The van der Waals surface area contributed by atoms with Crippen LogP contribution in [0.1, 0.15) is 25.7 Å². The molecule has 2 saturated carbocycles. The number of rotatable bonds is 5. The Labute approximate surface area is 148 Å². The molecule has 24 heavy (non-hydrogen) atoms. The molecule has 1 spiro atoms. The SMILES string of the molecule is CN=C(NCCSc1ccccc1)NC1C2CCOC2C12CCC2. The zero-order valence-electron chi connectivity index (χ0n) is 14.3. The number of aliphatic imine (C=N–C) groups is 1. The van der Waals surface area contributed by atoms with Gasteiger partial charge in [0.05, 0.1) is 6.10 Å². The van der Waals surface area contributed by atoms with Gasteiger partial charge in [-0.3, -0.25) is 4.99 Å². The van der Waals surface area contributed by atoms with E-state index in [4.69, 9.17) is 4.74 Å². The van der Waals surface area contributed by atoms with Crippen LogP contribution in [0.4, 0.5) is 0 Å². The summed E-state index contributed by atoms with van der Waals surface area (Å²) in [6.45, 7) is 1.86. The van der Waals surface area contributed by atoms with Crippen molar-refractivity contribution < 1.29 is 4.74 Å². The fourth-order valence-corrected chi connectivity index (χ4v) is 5.44. The van der Waals surface area contributed by atoms with Gasteiger partial charge in [0.1, 0.15) is 0 Å². The van der Waals surface area contributed by atoms with Crippen LogP contribution in [0.3, 0.4) is 0 Å². The van der Waals surface area contributed by atoms with Gasteiger partial charge in [0.2, 0.25) is 0 Å². The molecule has 130 valence electrons. The second-order valence-electron chi connectivity index (χ2n) is 7.11. The molecule has 0 radical (unpaired) electrons. The molecule has 0 amide bonds. The van der Waals surface area contributed by atoms with E-state index < -0.39 is 0 Å². The minimum atomic E-state index is 0.400. The Morgan fingerprint density at radius 3 is 2.88 bits per heavy atom. The summed E-state index contributed by atoms with van der Waals surface area (Å²) in [6.07, 6.45) is 5.69. The minimum absolute atomic E-state index is 0.400. The zero-order chi connectivity index (χ0) is 16.4. The maximum atomic E-state index is 6.00. The highest BCUT2D eigenvalue weighted by atomic mass is 32.2. The van der Waals surface area contributed by atoms with Crippen molar-refractivity contribution in [3.8, 4) is 0 Å². The number of guanidine groups is 1. The Morgan fingerprint density at radius 2 is 2.17 bits per heavy atom. The molecule has 1 heterocycles. The lowest BCUT2D eigenvalue weighted by atomic mass is 9.46. The van der Waals surface area contributed by atoms with Crippen molar-refractivity contribution in [2.24, 2.45) is 16.3 Å². The van der Waals surface area contributed by atoms with E-state index in [0.29, 0.717) is 23.5 Å². The van der Waals surface area contributed by atoms with E-state index >= 15 is 0 Å². The maximum Gasteiger partial charge on any atom is 0.191 e. The van der Waals surface area contributed by atoms with Gasteiger partial charge in [-0.15, -0.1) is 11.8 Å². The molecule has 3 unspecified atom stereocenters. The number of nitrogens with zero attached hydrogens (tertiary/aromatic N) is 1. The summed E-state index contributed by atoms with van der Waals surface area (Å²) in [4.78, 5) is 5.76. The number of nitrogens with one attached hydrogen (secondary N) is 2. The third-order valence-electron chi connectivity index (χ3n) is 5.96. The van der Waals surface area contributed by atoms with Crippen LogP contribution >= 0.6 is 11.8 Å². The number of ether oxygens (including phenoxy) is 1. The van der Waals surface area contributed by atoms with Crippen LogP contribution in [0, 0.1) is 11.3 Å². The largest absolute Gasteiger partial charge is 0.377 e. The van der Waals surface area contributed by atoms with E-state index in [9.17, 15) is 0 Å². The van der Waals surface area contributed by atoms with Crippen LogP contribution in [0.2, 0.25) is 0 Å². The smallest absolute Gasteiger partial charge is 0.191 e. The van der Waals surface area contributed by atoms with Gasteiger partial charge in [0.15, 0.2) is 5.96 Å². The molecule has 3 aliphatic rings. The highest BCUT2D eigenvalue weighted by molar-refractivity contribution is 7.99. The minimum Gasteiger partial charge on any atom is -0.377 e. The highest BCUT2D eigenvalue weighted by Gasteiger charge is 2.66. The molecule has 1 saturated heterocycles. The fourth-order valence-electron chi connectivity index (χ4n) is 4.65. The summed E-state index contributed by atoms with van der Waals surface area (Å²) < 4.78 is 6.00. The third kappa shape index (κ3) is 2.82. The normalized spacial score (nSPS) is 30.4. The molecule has 1 aliphatic heterocycles. The lowest BCUT2D eigenvalue weighted by Gasteiger charge is -2.63. The summed E-state index contributed by atoms with van der Waals surface area (Å²) in [5, 5.41) is 7.20. The molecular weight excluding hydrogens is 318 g/mol. The predicted octanol–water partition coefficient (Wildman–Crippen LogP) is 2.90. The van der Waals surface area contributed by atoms with Crippen molar-refractivity contribution in [1.29, 1.82) is 0 Å². The van der Waals surface area contributed by atoms with E-state index in [-0.39, 0.29) is 0 Å². The van der Waals surface area contributed by atoms with Gasteiger partial charge < -0.3 is 15.4 Å². The molecule has 2 aliphatic carbocycles. The molecular formula is C19H27N3OS. The van der Waals surface area contributed by atoms with Crippen LogP contribution < -0.4 is 10.6 Å². The first-order chi connectivity index (χ1) is 11.8. The average Bonchev–Trinajstić information content (AvgIpc) is 2.99. The predicted molar refractivity (Wildman–Crippen MR) is 99.6 cm³/mol. The van der Waals surface area contributed by atoms with Gasteiger partial charge >= 0.3 is 0 Å². The lowest BCUT2D eigenvalue weighted by molar-refractivity contribution is -0.171. The highest BCUT2D eigenvalue weighted by Crippen LogP contribution is 2.62. The van der Waals surface area contributed by atoms with Gasteiger partial charge in [-0.1, -0.05) is 24.6 Å². The summed E-state index contributed by atoms with van der Waals surface area (Å²) in [5.74, 6) is 2.67. The monoisotopic (exact) mass is 345 g/mol. The topological polar surface area (TPSA) is 45.7 Å². The summed E-state index contributed by atoms with van der Waals surface area (Å²) in [7, 11) is 1.87. The second-order valence-corrected chi connectivity index (χ2v) is 8.28. The van der Waals surface area contributed by atoms with Crippen LogP contribution in [-0.4, -0.2) is 44.1 Å². The first-order valence-electron chi connectivity index (χ1n) is 9.10. The number of hydrogen-bond donors (Lipinski definition) is 2. The Kier molecular flexibility index (Phi) is 4.72. The van der Waals surface area contributed by atoms with Crippen molar-refractivity contribution in [2.45, 2.75) is 42.7 Å².